The Morgan fingerprint density at radius 3 is 1.29 bits per heavy atom. The molecule has 1 aliphatic heterocycles. The van der Waals surface area contributed by atoms with Crippen LogP contribution in [-0.4, -0.2) is 89.2 Å². The first-order valence-electron chi connectivity index (χ1n) is 31.2. The average molecular weight is 1110 g/mol. The second-order valence-electron chi connectivity index (χ2n) is 21.0. The minimum absolute atomic E-state index is 0.0419. The van der Waals surface area contributed by atoms with Gasteiger partial charge < -0.3 is 39.0 Å². The maximum atomic E-state index is 13.2. The fraction of sp³-hybridized carbons (Fsp3) is 0.701. The molecule has 0 aromatic rings. The monoisotopic (exact) mass is 1110 g/mol. The molecular weight excluding hydrogens is 997 g/mol. The second kappa shape index (κ2) is 54.2. The Morgan fingerprint density at radius 2 is 0.823 bits per heavy atom. The first-order valence-corrected chi connectivity index (χ1v) is 31.2. The van der Waals surface area contributed by atoms with E-state index in [9.17, 15) is 34.5 Å². The van der Waals surface area contributed by atoms with Gasteiger partial charge in [-0.1, -0.05) is 240 Å². The summed E-state index contributed by atoms with van der Waals surface area (Å²) in [6, 6.07) is 0. The van der Waals surface area contributed by atoms with Crippen LogP contribution < -0.4 is 0 Å². The number of aliphatic carboxylic acids is 1. The van der Waals surface area contributed by atoms with Crippen molar-refractivity contribution < 1.29 is 58.2 Å². The van der Waals surface area contributed by atoms with E-state index in [4.69, 9.17) is 23.7 Å². The molecule has 1 heterocycles. The van der Waals surface area contributed by atoms with Crippen LogP contribution in [0.1, 0.15) is 252 Å². The van der Waals surface area contributed by atoms with Crippen molar-refractivity contribution >= 4 is 23.9 Å². The van der Waals surface area contributed by atoms with Gasteiger partial charge in [0.15, 0.2) is 24.6 Å². The molecule has 0 amide bonds. The van der Waals surface area contributed by atoms with Gasteiger partial charge in [-0.3, -0.25) is 14.4 Å². The Kier molecular flexibility index (Phi) is 49.9. The number of rotatable bonds is 52. The van der Waals surface area contributed by atoms with Gasteiger partial charge in [0.05, 0.1) is 6.61 Å². The SMILES string of the molecule is CC/C=C\C/C=C\C/C=C\C/C=C\C/C=C\C/C=C\CCC(=O)OCC(COC1OC(C(=O)O)C(O)C(O)C1OC(=O)CCCCCCCCC/C=C\C/C=C\CCCCC)OC(=O)CCCCCCCCCCCCCCC. The van der Waals surface area contributed by atoms with Crippen molar-refractivity contribution in [1.82, 2.24) is 0 Å². The fourth-order valence-corrected chi connectivity index (χ4v) is 8.89. The van der Waals surface area contributed by atoms with Gasteiger partial charge in [0.25, 0.3) is 0 Å². The summed E-state index contributed by atoms with van der Waals surface area (Å²) in [6.07, 6.45) is 59.5. The minimum atomic E-state index is -1.92. The van der Waals surface area contributed by atoms with E-state index in [1.54, 1.807) is 0 Å². The van der Waals surface area contributed by atoms with Crippen molar-refractivity contribution in [1.29, 1.82) is 0 Å². The molecule has 1 fully saturated rings. The molecule has 6 atom stereocenters. The number of ether oxygens (including phenoxy) is 5. The predicted octanol–water partition coefficient (Wildman–Crippen LogP) is 16.5. The number of allylic oxidation sites excluding steroid dienone is 16. The summed E-state index contributed by atoms with van der Waals surface area (Å²) in [5, 5.41) is 31.5. The zero-order chi connectivity index (χ0) is 57.5. The molecule has 0 saturated carbocycles. The standard InChI is InChI=1S/C67H110O12/c1-4-7-10-13-16-19-22-25-27-29-30-32-33-36-38-41-44-47-50-53-59(68)75-56-58(77-60(69)54-51-48-45-42-39-35-24-21-18-15-12-9-6-3)57-76-67-65(63(72)62(71)64(79-67)66(73)74)78-61(70)55-52-49-46-43-40-37-34-31-28-26-23-20-17-14-11-8-5-2/h7,10,16-17,19-20,25-28,30,32,36,38,44,47,58,62-65,67,71-72H,4-6,8-9,11-15,18,21-24,29,31,33-35,37,39-43,45-46,48-57H2,1-3H3,(H,73,74)/b10-7-,19-16-,20-17-,27-25-,28-26-,32-30-,38-36-,47-44-. The lowest BCUT2D eigenvalue weighted by Crippen LogP contribution is -2.61. The molecule has 0 radical (unpaired) electrons. The molecule has 0 bridgehead atoms. The summed E-state index contributed by atoms with van der Waals surface area (Å²) in [7, 11) is 0. The van der Waals surface area contributed by atoms with E-state index in [1.807, 2.05) is 12.2 Å². The molecular formula is C67H110O12. The minimum Gasteiger partial charge on any atom is -0.479 e. The van der Waals surface area contributed by atoms with Crippen molar-refractivity contribution in [3.63, 3.8) is 0 Å². The van der Waals surface area contributed by atoms with Crippen molar-refractivity contribution in [3.8, 4) is 0 Å². The molecule has 1 rings (SSSR count). The molecule has 0 aliphatic carbocycles. The van der Waals surface area contributed by atoms with Crippen LogP contribution in [0.4, 0.5) is 0 Å². The zero-order valence-electron chi connectivity index (χ0n) is 49.6. The van der Waals surface area contributed by atoms with Gasteiger partial charge in [-0.2, -0.15) is 0 Å². The highest BCUT2D eigenvalue weighted by molar-refractivity contribution is 5.74. The molecule has 79 heavy (non-hydrogen) atoms. The van der Waals surface area contributed by atoms with E-state index in [1.165, 1.54) is 77.0 Å². The third kappa shape index (κ3) is 44.0. The van der Waals surface area contributed by atoms with Crippen LogP contribution in [-0.2, 0) is 42.9 Å². The molecule has 450 valence electrons. The number of hydrogen-bond donors (Lipinski definition) is 3. The topological polar surface area (TPSA) is 175 Å². The van der Waals surface area contributed by atoms with Crippen LogP contribution >= 0.6 is 0 Å². The molecule has 1 saturated heterocycles. The molecule has 12 nitrogen and oxygen atoms in total. The normalized spacial score (nSPS) is 18.5. The van der Waals surface area contributed by atoms with Gasteiger partial charge in [-0.15, -0.1) is 0 Å². The van der Waals surface area contributed by atoms with Gasteiger partial charge >= 0.3 is 23.9 Å². The Hall–Kier alpha value is -4.36. The second-order valence-corrected chi connectivity index (χ2v) is 21.0. The van der Waals surface area contributed by atoms with Crippen molar-refractivity contribution in [3.05, 3.63) is 97.2 Å². The number of aliphatic hydroxyl groups excluding tert-OH is 2. The van der Waals surface area contributed by atoms with E-state index in [0.717, 1.165) is 116 Å². The summed E-state index contributed by atoms with van der Waals surface area (Å²) >= 11 is 0. The molecule has 6 unspecified atom stereocenters. The van der Waals surface area contributed by atoms with Crippen LogP contribution in [0.15, 0.2) is 97.2 Å². The van der Waals surface area contributed by atoms with E-state index >= 15 is 0 Å². The summed E-state index contributed by atoms with van der Waals surface area (Å²) < 4.78 is 28.4. The quantitative estimate of drug-likeness (QED) is 0.0228. The number of carbonyl (C=O) groups excluding carboxylic acids is 3. The van der Waals surface area contributed by atoms with E-state index in [0.29, 0.717) is 19.3 Å². The summed E-state index contributed by atoms with van der Waals surface area (Å²) in [5.74, 6) is -3.24. The van der Waals surface area contributed by atoms with E-state index in [-0.39, 0.29) is 25.9 Å². The number of hydrogen-bond acceptors (Lipinski definition) is 11. The first-order chi connectivity index (χ1) is 38.6. The number of carboxylic acids is 1. The number of carboxylic acid groups (broad SMARTS) is 1. The predicted molar refractivity (Wildman–Crippen MR) is 321 cm³/mol. The molecule has 3 N–H and O–H groups in total. The summed E-state index contributed by atoms with van der Waals surface area (Å²) in [4.78, 5) is 51.2. The lowest BCUT2D eigenvalue weighted by atomic mass is 9.98. The smallest absolute Gasteiger partial charge is 0.335 e. The molecule has 0 spiro atoms. The largest absolute Gasteiger partial charge is 0.479 e. The van der Waals surface area contributed by atoms with Gasteiger partial charge in [0.1, 0.15) is 18.8 Å². The molecule has 1 aliphatic rings. The lowest BCUT2D eigenvalue weighted by Gasteiger charge is -2.40. The fourth-order valence-electron chi connectivity index (χ4n) is 8.89. The zero-order valence-corrected chi connectivity index (χ0v) is 49.6. The van der Waals surface area contributed by atoms with Gasteiger partial charge in [0.2, 0.25) is 0 Å². The Bertz CT molecular complexity index is 1740. The highest BCUT2D eigenvalue weighted by atomic mass is 16.7. The third-order valence-corrected chi connectivity index (χ3v) is 13.7. The van der Waals surface area contributed by atoms with Crippen molar-refractivity contribution in [2.75, 3.05) is 13.2 Å². The first kappa shape index (κ1) is 72.7. The summed E-state index contributed by atoms with van der Waals surface area (Å²) in [6.45, 7) is 5.79. The van der Waals surface area contributed by atoms with Crippen LogP contribution in [0.5, 0.6) is 0 Å². The van der Waals surface area contributed by atoms with Gasteiger partial charge in [-0.05, 0) is 89.9 Å². The van der Waals surface area contributed by atoms with E-state index < -0.39 is 67.3 Å². The number of carbonyl (C=O) groups is 4. The van der Waals surface area contributed by atoms with Crippen LogP contribution in [0.2, 0.25) is 0 Å². The van der Waals surface area contributed by atoms with Gasteiger partial charge in [0, 0.05) is 19.3 Å². The maximum Gasteiger partial charge on any atom is 0.335 e. The number of aliphatic hydroxyl groups is 2. The molecule has 0 aromatic heterocycles. The summed E-state index contributed by atoms with van der Waals surface area (Å²) in [5.41, 5.74) is 0. The van der Waals surface area contributed by atoms with Crippen LogP contribution in [0.25, 0.3) is 0 Å². The molecule has 12 heteroatoms. The van der Waals surface area contributed by atoms with E-state index in [2.05, 4.69) is 106 Å². The Morgan fingerprint density at radius 1 is 0.430 bits per heavy atom. The average Bonchev–Trinajstić information content (AvgIpc) is 3.47. The highest BCUT2D eigenvalue weighted by Crippen LogP contribution is 2.26. The van der Waals surface area contributed by atoms with Gasteiger partial charge in [-0.25, -0.2) is 4.79 Å². The Labute approximate surface area is 479 Å². The number of unbranched alkanes of at least 4 members (excludes halogenated alkanes) is 22. The lowest BCUT2D eigenvalue weighted by molar-refractivity contribution is -0.301. The van der Waals surface area contributed by atoms with Crippen LogP contribution in [0.3, 0.4) is 0 Å². The molecule has 0 aromatic carbocycles. The maximum absolute atomic E-state index is 13.2. The third-order valence-electron chi connectivity index (χ3n) is 13.7. The van der Waals surface area contributed by atoms with Crippen molar-refractivity contribution in [2.45, 2.75) is 289 Å². The highest BCUT2D eigenvalue weighted by Gasteiger charge is 2.50. The number of esters is 3. The van der Waals surface area contributed by atoms with Crippen molar-refractivity contribution in [2.24, 2.45) is 0 Å². The Balaban J connectivity index is 2.72. The van der Waals surface area contributed by atoms with Crippen LogP contribution in [0, 0.1) is 0 Å².